The SMILES string of the molecule is Cc1cc(-c2cc(N)on2)cc(Br)c1O. The fraction of sp³-hybridized carbons (Fsp3) is 0.100. The molecule has 3 N–H and O–H groups in total. The number of nitrogens with zero attached hydrogens (tertiary/aromatic N) is 1. The van der Waals surface area contributed by atoms with E-state index in [1.165, 1.54) is 0 Å². The van der Waals surface area contributed by atoms with Crippen LogP contribution in [0.3, 0.4) is 0 Å². The predicted octanol–water partition coefficient (Wildman–Crippen LogP) is 2.70. The van der Waals surface area contributed by atoms with E-state index in [9.17, 15) is 5.11 Å². The second-order valence-electron chi connectivity index (χ2n) is 3.24. The predicted molar refractivity (Wildman–Crippen MR) is 60.5 cm³/mol. The number of anilines is 1. The van der Waals surface area contributed by atoms with E-state index in [0.717, 1.165) is 11.1 Å². The molecule has 0 aliphatic rings. The molecule has 0 spiro atoms. The van der Waals surface area contributed by atoms with E-state index in [4.69, 9.17) is 10.3 Å². The molecule has 0 aliphatic heterocycles. The lowest BCUT2D eigenvalue weighted by Gasteiger charge is -2.03. The van der Waals surface area contributed by atoms with Gasteiger partial charge in [-0.2, -0.15) is 0 Å². The second kappa shape index (κ2) is 3.58. The Morgan fingerprint density at radius 2 is 2.13 bits per heavy atom. The highest BCUT2D eigenvalue weighted by atomic mass is 79.9. The Morgan fingerprint density at radius 1 is 1.40 bits per heavy atom. The molecule has 2 rings (SSSR count). The molecule has 0 fully saturated rings. The van der Waals surface area contributed by atoms with Crippen molar-refractivity contribution in [3.63, 3.8) is 0 Å². The van der Waals surface area contributed by atoms with Crippen molar-refractivity contribution in [2.24, 2.45) is 0 Å². The minimum absolute atomic E-state index is 0.232. The molecule has 0 amide bonds. The molecule has 78 valence electrons. The Kier molecular flexibility index (Phi) is 2.40. The number of benzene rings is 1. The third-order valence-corrected chi connectivity index (χ3v) is 2.68. The molecule has 5 heteroatoms. The number of phenols is 1. The molecule has 15 heavy (non-hydrogen) atoms. The van der Waals surface area contributed by atoms with Gasteiger partial charge in [0.05, 0.1) is 4.47 Å². The van der Waals surface area contributed by atoms with Crippen LogP contribution in [0.15, 0.2) is 27.2 Å². The first-order valence-corrected chi connectivity index (χ1v) is 5.09. The minimum atomic E-state index is 0.232. The Morgan fingerprint density at radius 3 is 2.67 bits per heavy atom. The Labute approximate surface area is 94.8 Å². The number of aromatic hydroxyl groups is 1. The maximum atomic E-state index is 9.57. The van der Waals surface area contributed by atoms with Crippen molar-refractivity contribution < 1.29 is 9.63 Å². The van der Waals surface area contributed by atoms with Gasteiger partial charge in [0.15, 0.2) is 0 Å². The minimum Gasteiger partial charge on any atom is -0.506 e. The lowest BCUT2D eigenvalue weighted by atomic mass is 10.1. The van der Waals surface area contributed by atoms with Gasteiger partial charge >= 0.3 is 0 Å². The van der Waals surface area contributed by atoms with E-state index in [0.29, 0.717) is 10.2 Å². The standard InChI is InChI=1S/C10H9BrN2O2/c1-5-2-6(3-7(11)10(5)14)8-4-9(12)15-13-8/h2-4,14H,12H2,1H3. The average molecular weight is 269 g/mol. The van der Waals surface area contributed by atoms with E-state index >= 15 is 0 Å². The van der Waals surface area contributed by atoms with Crippen LogP contribution in [0.4, 0.5) is 5.88 Å². The zero-order valence-corrected chi connectivity index (χ0v) is 9.58. The highest BCUT2D eigenvalue weighted by molar-refractivity contribution is 9.10. The van der Waals surface area contributed by atoms with Gasteiger partial charge in [0.1, 0.15) is 11.4 Å². The molecule has 0 bridgehead atoms. The molecule has 1 aromatic carbocycles. The van der Waals surface area contributed by atoms with Crippen LogP contribution in [0.1, 0.15) is 5.56 Å². The highest BCUT2D eigenvalue weighted by Crippen LogP contribution is 2.33. The van der Waals surface area contributed by atoms with Crippen molar-refractivity contribution in [2.75, 3.05) is 5.73 Å². The van der Waals surface area contributed by atoms with Gasteiger partial charge in [0.2, 0.25) is 5.88 Å². The summed E-state index contributed by atoms with van der Waals surface area (Å²) in [5.74, 6) is 0.502. The van der Waals surface area contributed by atoms with Crippen LogP contribution in [0.5, 0.6) is 5.75 Å². The van der Waals surface area contributed by atoms with E-state index in [1.54, 1.807) is 12.1 Å². The number of phenolic OH excluding ortho intramolecular Hbond substituents is 1. The summed E-state index contributed by atoms with van der Waals surface area (Å²) in [6.07, 6.45) is 0. The summed E-state index contributed by atoms with van der Waals surface area (Å²) in [6, 6.07) is 5.22. The summed E-state index contributed by atoms with van der Waals surface area (Å²) in [5, 5.41) is 13.4. The number of aromatic nitrogens is 1. The zero-order chi connectivity index (χ0) is 11.0. The highest BCUT2D eigenvalue weighted by Gasteiger charge is 2.09. The number of rotatable bonds is 1. The molecular weight excluding hydrogens is 260 g/mol. The van der Waals surface area contributed by atoms with Crippen molar-refractivity contribution in [1.82, 2.24) is 5.16 Å². The summed E-state index contributed by atoms with van der Waals surface area (Å²) < 4.78 is 5.40. The van der Waals surface area contributed by atoms with Crippen molar-refractivity contribution in [3.8, 4) is 17.0 Å². The Hall–Kier alpha value is -1.49. The number of halogens is 1. The third kappa shape index (κ3) is 1.83. The molecule has 0 saturated carbocycles. The van der Waals surface area contributed by atoms with E-state index in [1.807, 2.05) is 13.0 Å². The number of aryl methyl sites for hydroxylation is 1. The normalized spacial score (nSPS) is 10.5. The van der Waals surface area contributed by atoms with Crippen molar-refractivity contribution in [3.05, 3.63) is 28.2 Å². The molecule has 0 unspecified atom stereocenters. The Balaban J connectivity index is 2.55. The fourth-order valence-corrected chi connectivity index (χ4v) is 1.87. The van der Waals surface area contributed by atoms with Gasteiger partial charge in [-0.1, -0.05) is 5.16 Å². The number of hydrogen-bond donors (Lipinski definition) is 2. The maximum absolute atomic E-state index is 9.57. The summed E-state index contributed by atoms with van der Waals surface area (Å²) >= 11 is 3.26. The van der Waals surface area contributed by atoms with Gasteiger partial charge in [-0.3, -0.25) is 0 Å². The molecule has 0 saturated heterocycles. The van der Waals surface area contributed by atoms with E-state index < -0.39 is 0 Å². The average Bonchev–Trinajstić information content (AvgIpc) is 2.60. The third-order valence-electron chi connectivity index (χ3n) is 2.08. The van der Waals surface area contributed by atoms with Crippen LogP contribution >= 0.6 is 15.9 Å². The number of nitrogen functional groups attached to an aromatic ring is 1. The van der Waals surface area contributed by atoms with Crippen LogP contribution in [-0.2, 0) is 0 Å². The van der Waals surface area contributed by atoms with Crippen molar-refractivity contribution in [1.29, 1.82) is 0 Å². The van der Waals surface area contributed by atoms with E-state index in [-0.39, 0.29) is 11.6 Å². The van der Waals surface area contributed by atoms with Crippen LogP contribution in [-0.4, -0.2) is 10.3 Å². The van der Waals surface area contributed by atoms with Gasteiger partial charge in [0.25, 0.3) is 0 Å². The quantitative estimate of drug-likeness (QED) is 0.834. The van der Waals surface area contributed by atoms with Crippen LogP contribution in [0.25, 0.3) is 11.3 Å². The fourth-order valence-electron chi connectivity index (χ4n) is 1.31. The van der Waals surface area contributed by atoms with Gasteiger partial charge in [0, 0.05) is 11.6 Å². The largest absolute Gasteiger partial charge is 0.506 e. The zero-order valence-electron chi connectivity index (χ0n) is 7.99. The van der Waals surface area contributed by atoms with Crippen LogP contribution < -0.4 is 5.73 Å². The van der Waals surface area contributed by atoms with E-state index in [2.05, 4.69) is 21.1 Å². The monoisotopic (exact) mass is 268 g/mol. The number of hydrogen-bond acceptors (Lipinski definition) is 4. The molecule has 0 atom stereocenters. The molecule has 1 aromatic heterocycles. The molecule has 2 aromatic rings. The van der Waals surface area contributed by atoms with Gasteiger partial charge in [-0.05, 0) is 40.5 Å². The molecule has 4 nitrogen and oxygen atoms in total. The van der Waals surface area contributed by atoms with Crippen LogP contribution in [0.2, 0.25) is 0 Å². The summed E-state index contributed by atoms with van der Waals surface area (Å²) in [5.41, 5.74) is 7.69. The molecule has 0 radical (unpaired) electrons. The first kappa shape index (κ1) is 10.0. The summed E-state index contributed by atoms with van der Waals surface area (Å²) in [7, 11) is 0. The Bertz CT molecular complexity index is 485. The molecule has 1 heterocycles. The second-order valence-corrected chi connectivity index (χ2v) is 4.09. The van der Waals surface area contributed by atoms with Gasteiger partial charge in [-0.15, -0.1) is 0 Å². The summed E-state index contributed by atoms with van der Waals surface area (Å²) in [6.45, 7) is 1.81. The summed E-state index contributed by atoms with van der Waals surface area (Å²) in [4.78, 5) is 0. The van der Waals surface area contributed by atoms with Gasteiger partial charge in [-0.25, -0.2) is 0 Å². The lowest BCUT2D eigenvalue weighted by molar-refractivity contribution is 0.439. The van der Waals surface area contributed by atoms with Gasteiger partial charge < -0.3 is 15.4 Å². The first-order chi connectivity index (χ1) is 7.08. The topological polar surface area (TPSA) is 72.3 Å². The van der Waals surface area contributed by atoms with Crippen molar-refractivity contribution in [2.45, 2.75) is 6.92 Å². The number of nitrogens with two attached hydrogens (primary N) is 1. The first-order valence-electron chi connectivity index (χ1n) is 4.29. The molecule has 0 aliphatic carbocycles. The molecular formula is C10H9BrN2O2. The maximum Gasteiger partial charge on any atom is 0.222 e. The van der Waals surface area contributed by atoms with Crippen molar-refractivity contribution >= 4 is 21.8 Å². The van der Waals surface area contributed by atoms with Crippen LogP contribution in [0, 0.1) is 6.92 Å². The smallest absolute Gasteiger partial charge is 0.222 e. The lowest BCUT2D eigenvalue weighted by Crippen LogP contribution is -1.82.